The number of nitrogens with two attached hydrogens (primary N) is 1. The Balaban J connectivity index is 3.38. The van der Waals surface area contributed by atoms with E-state index in [-0.39, 0.29) is 12.2 Å². The number of aromatic carboxylic acids is 1. The van der Waals surface area contributed by atoms with Crippen molar-refractivity contribution in [3.05, 3.63) is 28.6 Å². The lowest BCUT2D eigenvalue weighted by atomic mass is 10.1. The smallest absolute Gasteiger partial charge is 0.337 e. The minimum absolute atomic E-state index is 0.00541. The summed E-state index contributed by atoms with van der Waals surface area (Å²) in [4.78, 5) is 14.2. The summed E-state index contributed by atoms with van der Waals surface area (Å²) >= 11 is 0. The van der Waals surface area contributed by atoms with Crippen LogP contribution in [0.1, 0.15) is 33.7 Å². The zero-order valence-corrected chi connectivity index (χ0v) is 8.00. The van der Waals surface area contributed by atoms with Gasteiger partial charge in [-0.15, -0.1) is 0 Å². The lowest BCUT2D eigenvalue weighted by molar-refractivity contribution is 0.0682. The molecule has 1 rings (SSSR count). The van der Waals surface area contributed by atoms with Gasteiger partial charge in [0.2, 0.25) is 0 Å². The van der Waals surface area contributed by atoms with Crippen LogP contribution in [0.2, 0.25) is 0 Å². The van der Waals surface area contributed by atoms with Crippen LogP contribution in [0.4, 0.5) is 8.78 Å². The number of nitrogens with zero attached hydrogens (tertiary/aromatic N) is 1. The number of aromatic nitrogens is 1. The molecule has 0 atom stereocenters. The summed E-state index contributed by atoms with van der Waals surface area (Å²) in [6.45, 7) is 1.59. The number of carbonyl (C=O) groups is 1. The highest BCUT2D eigenvalue weighted by Crippen LogP contribution is 2.23. The van der Waals surface area contributed by atoms with Crippen LogP contribution in [0.3, 0.4) is 0 Å². The molecule has 0 saturated carbocycles. The molecule has 1 heterocycles. The summed E-state index contributed by atoms with van der Waals surface area (Å²) in [6, 6.07) is 1.17. The first-order valence-corrected chi connectivity index (χ1v) is 4.19. The SMILES string of the molecule is Cc1cc(C(=O)O)c(C(F)F)nc1CN. The number of rotatable bonds is 3. The van der Waals surface area contributed by atoms with E-state index in [1.54, 1.807) is 6.92 Å². The van der Waals surface area contributed by atoms with Crippen molar-refractivity contribution in [3.63, 3.8) is 0 Å². The topological polar surface area (TPSA) is 76.2 Å². The molecule has 0 radical (unpaired) electrons. The quantitative estimate of drug-likeness (QED) is 0.802. The number of hydrogen-bond donors (Lipinski definition) is 2. The number of hydrogen-bond acceptors (Lipinski definition) is 3. The molecule has 0 fully saturated rings. The average Bonchev–Trinajstić information content (AvgIpc) is 2.16. The molecular weight excluding hydrogens is 206 g/mol. The minimum Gasteiger partial charge on any atom is -0.478 e. The molecule has 0 saturated heterocycles. The van der Waals surface area contributed by atoms with Gasteiger partial charge in [-0.1, -0.05) is 0 Å². The Bertz CT molecular complexity index is 394. The summed E-state index contributed by atoms with van der Waals surface area (Å²) in [5, 5.41) is 8.70. The third-order valence-electron chi connectivity index (χ3n) is 1.98. The predicted molar refractivity (Wildman–Crippen MR) is 48.8 cm³/mol. The van der Waals surface area contributed by atoms with Crippen molar-refractivity contribution >= 4 is 5.97 Å². The Morgan fingerprint density at radius 2 is 2.27 bits per heavy atom. The van der Waals surface area contributed by atoms with Crippen LogP contribution in [0.15, 0.2) is 6.07 Å². The van der Waals surface area contributed by atoms with E-state index in [0.29, 0.717) is 5.56 Å². The first-order valence-electron chi connectivity index (χ1n) is 4.19. The number of aryl methyl sites for hydroxylation is 1. The number of alkyl halides is 2. The molecule has 82 valence electrons. The van der Waals surface area contributed by atoms with Crippen LogP contribution >= 0.6 is 0 Å². The van der Waals surface area contributed by atoms with Gasteiger partial charge in [0.25, 0.3) is 6.43 Å². The molecule has 0 amide bonds. The lowest BCUT2D eigenvalue weighted by Crippen LogP contribution is -2.11. The fourth-order valence-corrected chi connectivity index (χ4v) is 1.21. The molecule has 3 N–H and O–H groups in total. The monoisotopic (exact) mass is 216 g/mol. The Morgan fingerprint density at radius 1 is 1.67 bits per heavy atom. The van der Waals surface area contributed by atoms with Crippen molar-refractivity contribution in [1.29, 1.82) is 0 Å². The van der Waals surface area contributed by atoms with Gasteiger partial charge in [0.15, 0.2) is 0 Å². The highest BCUT2D eigenvalue weighted by atomic mass is 19.3. The Morgan fingerprint density at radius 3 is 2.67 bits per heavy atom. The summed E-state index contributed by atoms with van der Waals surface area (Å²) in [5.41, 5.74) is 4.88. The molecular formula is C9H10F2N2O2. The Labute approximate surface area is 84.7 Å². The van der Waals surface area contributed by atoms with Crippen molar-refractivity contribution in [2.75, 3.05) is 0 Å². The van der Waals surface area contributed by atoms with E-state index in [1.165, 1.54) is 6.07 Å². The molecule has 0 aliphatic carbocycles. The van der Waals surface area contributed by atoms with E-state index < -0.39 is 23.7 Å². The fraction of sp³-hybridized carbons (Fsp3) is 0.333. The molecule has 1 aromatic heterocycles. The third-order valence-corrected chi connectivity index (χ3v) is 1.98. The van der Waals surface area contributed by atoms with Gasteiger partial charge in [-0.2, -0.15) is 0 Å². The molecule has 0 aliphatic heterocycles. The molecule has 0 bridgehead atoms. The average molecular weight is 216 g/mol. The highest BCUT2D eigenvalue weighted by Gasteiger charge is 2.21. The second-order valence-electron chi connectivity index (χ2n) is 2.99. The Kier molecular flexibility index (Phi) is 3.31. The van der Waals surface area contributed by atoms with E-state index in [2.05, 4.69) is 4.98 Å². The predicted octanol–water partition coefficient (Wildman–Crippen LogP) is 1.48. The largest absolute Gasteiger partial charge is 0.478 e. The molecule has 0 aromatic carbocycles. The summed E-state index contributed by atoms with van der Waals surface area (Å²) in [6.07, 6.45) is -2.91. The number of carboxylic acids is 1. The maximum Gasteiger partial charge on any atom is 0.337 e. The second kappa shape index (κ2) is 4.31. The van der Waals surface area contributed by atoms with Gasteiger partial charge >= 0.3 is 5.97 Å². The molecule has 6 heteroatoms. The zero-order valence-electron chi connectivity index (χ0n) is 8.00. The second-order valence-corrected chi connectivity index (χ2v) is 2.99. The van der Waals surface area contributed by atoms with Crippen LogP contribution in [-0.2, 0) is 6.54 Å². The van der Waals surface area contributed by atoms with Crippen molar-refractivity contribution in [3.8, 4) is 0 Å². The molecule has 0 aliphatic rings. The fourth-order valence-electron chi connectivity index (χ4n) is 1.21. The number of halogens is 2. The van der Waals surface area contributed by atoms with Gasteiger partial charge in [0, 0.05) is 6.54 Å². The summed E-state index contributed by atoms with van der Waals surface area (Å²) < 4.78 is 24.9. The number of pyridine rings is 1. The molecule has 0 unspecified atom stereocenters. The van der Waals surface area contributed by atoms with E-state index >= 15 is 0 Å². The van der Waals surface area contributed by atoms with Crippen LogP contribution in [0.5, 0.6) is 0 Å². The molecule has 4 nitrogen and oxygen atoms in total. The normalized spacial score (nSPS) is 10.7. The van der Waals surface area contributed by atoms with Crippen LogP contribution in [-0.4, -0.2) is 16.1 Å². The van der Waals surface area contributed by atoms with E-state index in [4.69, 9.17) is 10.8 Å². The van der Waals surface area contributed by atoms with Gasteiger partial charge in [-0.25, -0.2) is 18.6 Å². The standard InChI is InChI=1S/C9H10F2N2O2/c1-4-2-5(9(14)15)7(8(10)11)13-6(4)3-12/h2,8H,3,12H2,1H3,(H,14,15). The van der Waals surface area contributed by atoms with Gasteiger partial charge in [-0.05, 0) is 18.6 Å². The third kappa shape index (κ3) is 2.27. The van der Waals surface area contributed by atoms with Crippen molar-refractivity contribution in [2.45, 2.75) is 19.9 Å². The highest BCUT2D eigenvalue weighted by molar-refractivity contribution is 5.89. The van der Waals surface area contributed by atoms with Gasteiger partial charge in [-0.3, -0.25) is 0 Å². The van der Waals surface area contributed by atoms with Crippen molar-refractivity contribution < 1.29 is 18.7 Å². The first kappa shape index (κ1) is 11.5. The van der Waals surface area contributed by atoms with E-state index in [9.17, 15) is 13.6 Å². The maximum atomic E-state index is 12.5. The van der Waals surface area contributed by atoms with Crippen molar-refractivity contribution in [1.82, 2.24) is 4.98 Å². The van der Waals surface area contributed by atoms with Gasteiger partial charge < -0.3 is 10.8 Å². The van der Waals surface area contributed by atoms with Crippen LogP contribution in [0.25, 0.3) is 0 Å². The van der Waals surface area contributed by atoms with Gasteiger partial charge in [0.05, 0.1) is 11.3 Å². The molecule has 15 heavy (non-hydrogen) atoms. The molecule has 0 spiro atoms. The van der Waals surface area contributed by atoms with Crippen molar-refractivity contribution in [2.24, 2.45) is 5.73 Å². The van der Waals surface area contributed by atoms with E-state index in [0.717, 1.165) is 0 Å². The first-order chi connectivity index (χ1) is 6.97. The van der Waals surface area contributed by atoms with Crippen LogP contribution < -0.4 is 5.73 Å². The lowest BCUT2D eigenvalue weighted by Gasteiger charge is -2.09. The number of carboxylic acid groups (broad SMARTS) is 1. The minimum atomic E-state index is -2.91. The van der Waals surface area contributed by atoms with E-state index in [1.807, 2.05) is 0 Å². The summed E-state index contributed by atoms with van der Waals surface area (Å²) in [5.74, 6) is -1.41. The van der Waals surface area contributed by atoms with Gasteiger partial charge in [0.1, 0.15) is 5.69 Å². The zero-order chi connectivity index (χ0) is 11.6. The van der Waals surface area contributed by atoms with Crippen LogP contribution in [0, 0.1) is 6.92 Å². The maximum absolute atomic E-state index is 12.5. The Hall–Kier alpha value is -1.56. The summed E-state index contributed by atoms with van der Waals surface area (Å²) in [7, 11) is 0. The molecule has 1 aromatic rings.